The first-order valence-electron chi connectivity index (χ1n) is 18.7. The normalized spacial score (nSPS) is 11.9. The molecule has 7 aromatic carbocycles. The molecule has 0 bridgehead atoms. The van der Waals surface area contributed by atoms with Gasteiger partial charge in [-0.3, -0.25) is 0 Å². The van der Waals surface area contributed by atoms with E-state index in [-0.39, 0.29) is 0 Å². The highest BCUT2D eigenvalue weighted by molar-refractivity contribution is 7.26. The van der Waals surface area contributed by atoms with Crippen LogP contribution in [0.5, 0.6) is 0 Å². The highest BCUT2D eigenvalue weighted by Gasteiger charge is 2.21. The van der Waals surface area contributed by atoms with Crippen LogP contribution in [0.2, 0.25) is 0 Å². The minimum absolute atomic E-state index is 0.547. The molecule has 8 heteroatoms. The zero-order valence-corrected chi connectivity index (χ0v) is 31.7. The van der Waals surface area contributed by atoms with Crippen molar-refractivity contribution in [3.8, 4) is 56.8 Å². The maximum atomic E-state index is 6.81. The average molecular weight is 766 g/mol. The Morgan fingerprint density at radius 1 is 0.386 bits per heavy atom. The van der Waals surface area contributed by atoms with Gasteiger partial charge in [0.2, 0.25) is 0 Å². The van der Waals surface area contributed by atoms with Gasteiger partial charge in [0.15, 0.2) is 23.3 Å². The Bertz CT molecular complexity index is 3540. The summed E-state index contributed by atoms with van der Waals surface area (Å²) >= 11 is 3.51. The Labute approximate surface area is 333 Å². The van der Waals surface area contributed by atoms with E-state index < -0.39 is 0 Å². The minimum atomic E-state index is 0.547. The summed E-state index contributed by atoms with van der Waals surface area (Å²) in [7, 11) is 0. The third-order valence-corrected chi connectivity index (χ3v) is 12.9. The third-order valence-electron chi connectivity index (χ3n) is 10.6. The fourth-order valence-electron chi connectivity index (χ4n) is 7.92. The van der Waals surface area contributed by atoms with Crippen LogP contribution in [0.1, 0.15) is 0 Å². The summed E-state index contributed by atoms with van der Waals surface area (Å²) in [5.74, 6) is 2.42. The first-order chi connectivity index (χ1) is 28.2. The largest absolute Gasteiger partial charge is 0.455 e. The number of benzene rings is 7. The van der Waals surface area contributed by atoms with Crippen LogP contribution in [0.15, 0.2) is 168 Å². The summed E-state index contributed by atoms with van der Waals surface area (Å²) in [6.07, 6.45) is 0. The van der Waals surface area contributed by atoms with Crippen LogP contribution < -0.4 is 0 Å². The Kier molecular flexibility index (Phi) is 7.17. The molecule has 0 aliphatic rings. The lowest BCUT2D eigenvalue weighted by Gasteiger charge is -2.10. The molecule has 0 radical (unpaired) electrons. The first-order valence-corrected chi connectivity index (χ1v) is 20.3. The third kappa shape index (κ3) is 5.19. The second kappa shape index (κ2) is 12.7. The Balaban J connectivity index is 1.05. The molecule has 0 saturated carbocycles. The molecule has 0 aliphatic carbocycles. The van der Waals surface area contributed by atoms with E-state index in [1.165, 1.54) is 19.5 Å². The number of thiophene rings is 2. The van der Waals surface area contributed by atoms with Gasteiger partial charge in [-0.1, -0.05) is 127 Å². The molecule has 0 fully saturated rings. The van der Waals surface area contributed by atoms with Crippen molar-refractivity contribution in [2.75, 3.05) is 0 Å². The maximum absolute atomic E-state index is 6.81. The van der Waals surface area contributed by atoms with Crippen molar-refractivity contribution in [1.29, 1.82) is 0 Å². The standard InChI is InChI=1S/C49H27N5OS2/c1-3-13-28(14-4-1)42-45-43(34-18-8-10-23-39(34)57-45)51-47(50-42)30-25-26-31-32-19-11-21-36(44(32)55-37(31)27-30)49-53-46(29-15-5-2-6-16-29)52-48(54-49)35-20-12-24-40-41(35)33-17-7-9-22-38(33)56-40/h1-27H. The van der Waals surface area contributed by atoms with E-state index in [0.717, 1.165) is 70.9 Å². The summed E-state index contributed by atoms with van der Waals surface area (Å²) in [6.45, 7) is 0. The molecule has 6 nitrogen and oxygen atoms in total. The van der Waals surface area contributed by atoms with Crippen molar-refractivity contribution in [3.05, 3.63) is 164 Å². The van der Waals surface area contributed by atoms with Gasteiger partial charge in [0.25, 0.3) is 0 Å². The number of nitrogens with zero attached hydrogens (tertiary/aromatic N) is 5. The van der Waals surface area contributed by atoms with Crippen molar-refractivity contribution >= 4 is 85.1 Å². The molecule has 0 spiro atoms. The lowest BCUT2D eigenvalue weighted by Crippen LogP contribution is -2.00. The topological polar surface area (TPSA) is 77.6 Å². The predicted octanol–water partition coefficient (Wildman–Crippen LogP) is 13.6. The van der Waals surface area contributed by atoms with Crippen LogP contribution in [-0.2, 0) is 0 Å². The molecule has 266 valence electrons. The molecule has 0 saturated heterocycles. The minimum Gasteiger partial charge on any atom is -0.455 e. The lowest BCUT2D eigenvalue weighted by atomic mass is 10.0. The molecule has 5 aromatic heterocycles. The van der Waals surface area contributed by atoms with Crippen LogP contribution in [-0.4, -0.2) is 24.9 Å². The van der Waals surface area contributed by atoms with Crippen LogP contribution >= 0.6 is 22.7 Å². The molecule has 12 rings (SSSR count). The van der Waals surface area contributed by atoms with Crippen LogP contribution in [0, 0.1) is 0 Å². The van der Waals surface area contributed by atoms with Crippen molar-refractivity contribution in [2.45, 2.75) is 0 Å². The van der Waals surface area contributed by atoms with Gasteiger partial charge in [-0.25, -0.2) is 24.9 Å². The summed E-state index contributed by atoms with van der Waals surface area (Å²) in [5.41, 5.74) is 7.94. The van der Waals surface area contributed by atoms with E-state index in [2.05, 4.69) is 115 Å². The molecule has 0 atom stereocenters. The van der Waals surface area contributed by atoms with E-state index in [1.807, 2.05) is 48.5 Å². The van der Waals surface area contributed by atoms with Gasteiger partial charge in [0.05, 0.1) is 21.5 Å². The predicted molar refractivity (Wildman–Crippen MR) is 236 cm³/mol. The zero-order chi connectivity index (χ0) is 37.5. The molecule has 0 unspecified atom stereocenters. The summed E-state index contributed by atoms with van der Waals surface area (Å²) in [5, 5.41) is 5.44. The Hall–Kier alpha value is -7.13. The van der Waals surface area contributed by atoms with Gasteiger partial charge in [-0.2, -0.15) is 0 Å². The summed E-state index contributed by atoms with van der Waals surface area (Å²) < 4.78 is 11.5. The number of hydrogen-bond donors (Lipinski definition) is 0. The summed E-state index contributed by atoms with van der Waals surface area (Å²) in [6, 6.07) is 56.2. The maximum Gasteiger partial charge on any atom is 0.167 e. The van der Waals surface area contributed by atoms with Gasteiger partial charge in [-0.05, 0) is 36.4 Å². The zero-order valence-electron chi connectivity index (χ0n) is 30.0. The number of furan rings is 1. The van der Waals surface area contributed by atoms with Gasteiger partial charge < -0.3 is 4.42 Å². The highest BCUT2D eigenvalue weighted by atomic mass is 32.1. The lowest BCUT2D eigenvalue weighted by molar-refractivity contribution is 0.669. The van der Waals surface area contributed by atoms with Crippen LogP contribution in [0.3, 0.4) is 0 Å². The second-order valence-electron chi connectivity index (χ2n) is 14.0. The quantitative estimate of drug-likeness (QED) is 0.174. The monoisotopic (exact) mass is 765 g/mol. The van der Waals surface area contributed by atoms with E-state index in [9.17, 15) is 0 Å². The number of fused-ring (bicyclic) bond motifs is 9. The van der Waals surface area contributed by atoms with E-state index in [0.29, 0.717) is 28.9 Å². The molecular weight excluding hydrogens is 739 g/mol. The molecular formula is C49H27N5OS2. The number of rotatable bonds is 5. The van der Waals surface area contributed by atoms with Gasteiger partial charge in [-0.15, -0.1) is 22.7 Å². The van der Waals surface area contributed by atoms with Crippen molar-refractivity contribution in [2.24, 2.45) is 0 Å². The van der Waals surface area contributed by atoms with Crippen LogP contribution in [0.25, 0.3) is 119 Å². The SMILES string of the molecule is c1ccc(-c2nc(-c3cccc4c3oc3cc(-c5nc(-c6ccccc6)c6sc7ccccc7c6n5)ccc34)nc(-c3cccc4sc5ccccc5c34)n2)cc1. The van der Waals surface area contributed by atoms with Crippen molar-refractivity contribution in [1.82, 2.24) is 24.9 Å². The molecule has 0 N–H and O–H groups in total. The van der Waals surface area contributed by atoms with Crippen LogP contribution in [0.4, 0.5) is 0 Å². The molecule has 5 heterocycles. The molecule has 0 aliphatic heterocycles. The Morgan fingerprint density at radius 3 is 1.82 bits per heavy atom. The van der Waals surface area contributed by atoms with Gasteiger partial charge >= 0.3 is 0 Å². The second-order valence-corrected chi connectivity index (χ2v) is 16.1. The van der Waals surface area contributed by atoms with Gasteiger partial charge in [0.1, 0.15) is 11.2 Å². The summed E-state index contributed by atoms with van der Waals surface area (Å²) in [4.78, 5) is 25.8. The van der Waals surface area contributed by atoms with E-state index in [4.69, 9.17) is 29.3 Å². The molecule has 0 amide bonds. The van der Waals surface area contributed by atoms with Gasteiger partial charge in [0, 0.05) is 63.3 Å². The number of para-hydroxylation sites is 1. The number of hydrogen-bond acceptors (Lipinski definition) is 8. The van der Waals surface area contributed by atoms with E-state index >= 15 is 0 Å². The molecule has 57 heavy (non-hydrogen) atoms. The number of aromatic nitrogens is 5. The van der Waals surface area contributed by atoms with E-state index in [1.54, 1.807) is 22.7 Å². The fourth-order valence-corrected chi connectivity index (χ4v) is 10.2. The first kappa shape index (κ1) is 32.1. The fraction of sp³-hybridized carbons (Fsp3) is 0. The molecule has 12 aromatic rings. The van der Waals surface area contributed by atoms with Crippen molar-refractivity contribution in [3.63, 3.8) is 0 Å². The van der Waals surface area contributed by atoms with Crippen molar-refractivity contribution < 1.29 is 4.42 Å². The average Bonchev–Trinajstić information content (AvgIpc) is 3.97. The highest BCUT2D eigenvalue weighted by Crippen LogP contribution is 2.43. The smallest absolute Gasteiger partial charge is 0.167 e. The Morgan fingerprint density at radius 2 is 1.00 bits per heavy atom.